The molecule has 2 aliphatic rings. The van der Waals surface area contributed by atoms with Crippen molar-refractivity contribution in [3.63, 3.8) is 0 Å². The van der Waals surface area contributed by atoms with Crippen LogP contribution in [0.25, 0.3) is 11.1 Å². The first-order chi connectivity index (χ1) is 18.6. The molecule has 2 unspecified atom stereocenters. The maximum absolute atomic E-state index is 14.2. The van der Waals surface area contributed by atoms with Gasteiger partial charge in [-0.05, 0) is 97.3 Å². The molecule has 1 heterocycles. The van der Waals surface area contributed by atoms with Gasteiger partial charge < -0.3 is 15.5 Å². The summed E-state index contributed by atoms with van der Waals surface area (Å²) in [4.78, 5) is 24.4. The van der Waals surface area contributed by atoms with E-state index >= 15 is 0 Å². The van der Waals surface area contributed by atoms with Crippen molar-refractivity contribution >= 4 is 46.0 Å². The summed E-state index contributed by atoms with van der Waals surface area (Å²) in [5.74, 6) is -2.57. The van der Waals surface area contributed by atoms with Gasteiger partial charge in [-0.2, -0.15) is 4.31 Å². The first-order valence-corrected chi connectivity index (χ1v) is 14.6. The number of nitrogens with one attached hydrogen (secondary N) is 1. The van der Waals surface area contributed by atoms with Gasteiger partial charge in [0.25, 0.3) is 0 Å². The maximum atomic E-state index is 14.2. The molecule has 1 aliphatic heterocycles. The van der Waals surface area contributed by atoms with Gasteiger partial charge in [0.15, 0.2) is 0 Å². The summed E-state index contributed by atoms with van der Waals surface area (Å²) >= 11 is 5.99. The fourth-order valence-corrected chi connectivity index (χ4v) is 7.61. The Morgan fingerprint density at radius 3 is 2.12 bits per heavy atom. The number of hydrogen-bond acceptors (Lipinski definition) is 5. The number of halogens is 2. The van der Waals surface area contributed by atoms with Crippen molar-refractivity contribution in [1.29, 1.82) is 0 Å². The molecule has 212 valence electrons. The molecule has 3 aromatic rings. The second-order valence-corrected chi connectivity index (χ2v) is 12.5. The van der Waals surface area contributed by atoms with Crippen molar-refractivity contribution in [3.8, 4) is 11.1 Å². The lowest BCUT2D eigenvalue weighted by atomic mass is 9.90. The monoisotopic (exact) mass is 604 g/mol. The van der Waals surface area contributed by atoms with Gasteiger partial charge in [0.05, 0.1) is 10.5 Å². The number of benzene rings is 3. The number of rotatable bonds is 9. The Morgan fingerprint density at radius 1 is 0.950 bits per heavy atom. The van der Waals surface area contributed by atoms with Crippen LogP contribution in [0, 0.1) is 11.8 Å². The number of aliphatic carboxylic acids is 1. The van der Waals surface area contributed by atoms with Gasteiger partial charge in [0.1, 0.15) is 5.54 Å². The summed E-state index contributed by atoms with van der Waals surface area (Å²) in [5.41, 5.74) is 0.466. The molecule has 3 aromatic carbocycles. The molecule has 8 nitrogen and oxygen atoms in total. The largest absolute Gasteiger partial charge is 0.480 e. The van der Waals surface area contributed by atoms with Crippen molar-refractivity contribution in [3.05, 3.63) is 88.9 Å². The Bertz CT molecular complexity index is 1490. The number of nitrogens with zero attached hydrogens (tertiary/aromatic N) is 1. The summed E-state index contributed by atoms with van der Waals surface area (Å²) in [6.45, 7) is 1.27. The van der Waals surface area contributed by atoms with E-state index in [1.54, 1.807) is 30.3 Å². The summed E-state index contributed by atoms with van der Waals surface area (Å²) in [5, 5.41) is 23.8. The lowest BCUT2D eigenvalue weighted by Gasteiger charge is -2.32. The van der Waals surface area contributed by atoms with Crippen LogP contribution in [0.15, 0.2) is 77.7 Å². The quantitative estimate of drug-likeness (QED) is 0.308. The predicted molar refractivity (Wildman–Crippen MR) is 154 cm³/mol. The van der Waals surface area contributed by atoms with Crippen LogP contribution in [-0.4, -0.2) is 53.5 Å². The van der Waals surface area contributed by atoms with Crippen LogP contribution >= 0.6 is 24.0 Å². The van der Waals surface area contributed by atoms with Gasteiger partial charge >= 0.3 is 11.9 Å². The normalized spacial score (nSPS) is 21.0. The van der Waals surface area contributed by atoms with E-state index in [2.05, 4.69) is 5.32 Å². The standard InChI is InChI=1S/C29H29ClN2O6S.ClH/c30-24-8-4-20(5-9-24)21-6-10-25(11-7-21)39(37,38)32(18-19-2-1-3-23(16-19)27(33)34)29(28(35)36)17-26(29)22-12-14-31-15-13-22;/h1-11,16,22,26,31H,12-15,17-18H2,(H,33,34)(H,35,36);1H. The second-order valence-electron chi connectivity index (χ2n) is 10.2. The number of carboxylic acids is 2. The van der Waals surface area contributed by atoms with Crippen LogP contribution < -0.4 is 5.32 Å². The number of carbonyl (C=O) groups is 2. The van der Waals surface area contributed by atoms with Gasteiger partial charge in [0.2, 0.25) is 10.0 Å². The SMILES string of the molecule is Cl.O=C(O)c1cccc(CN(C2(C(=O)O)CC2C2CCNCC2)S(=O)(=O)c2ccc(-c3ccc(Cl)cc3)cc2)c1. The van der Waals surface area contributed by atoms with Gasteiger partial charge in [-0.15, -0.1) is 12.4 Å². The zero-order valence-electron chi connectivity index (χ0n) is 21.5. The predicted octanol–water partition coefficient (Wildman–Crippen LogP) is 5.16. The summed E-state index contributed by atoms with van der Waals surface area (Å²) < 4.78 is 29.5. The van der Waals surface area contributed by atoms with Crippen molar-refractivity contribution in [1.82, 2.24) is 9.62 Å². The minimum absolute atomic E-state index is 0. The number of sulfonamides is 1. The Balaban J connectivity index is 0.00000370. The molecule has 1 saturated carbocycles. The Hall–Kier alpha value is -2.95. The molecule has 40 heavy (non-hydrogen) atoms. The summed E-state index contributed by atoms with van der Waals surface area (Å²) in [6, 6.07) is 19.5. The number of piperidine rings is 1. The van der Waals surface area contributed by atoms with Crippen molar-refractivity contribution in [2.24, 2.45) is 11.8 Å². The molecule has 0 spiro atoms. The molecule has 1 saturated heterocycles. The Morgan fingerprint density at radius 2 is 1.55 bits per heavy atom. The minimum atomic E-state index is -4.28. The zero-order chi connectivity index (χ0) is 27.8. The van der Waals surface area contributed by atoms with Crippen LogP contribution in [0.2, 0.25) is 5.02 Å². The van der Waals surface area contributed by atoms with Crippen LogP contribution in [0.1, 0.15) is 35.2 Å². The van der Waals surface area contributed by atoms with Gasteiger partial charge in [-0.25, -0.2) is 13.2 Å². The Labute approximate surface area is 244 Å². The topological polar surface area (TPSA) is 124 Å². The highest BCUT2D eigenvalue weighted by atomic mass is 35.5. The smallest absolute Gasteiger partial charge is 0.335 e. The third-order valence-electron chi connectivity index (χ3n) is 7.87. The van der Waals surface area contributed by atoms with E-state index in [0.29, 0.717) is 10.6 Å². The summed E-state index contributed by atoms with van der Waals surface area (Å²) in [7, 11) is -4.28. The lowest BCUT2D eigenvalue weighted by Crippen LogP contribution is -2.49. The molecule has 2 fully saturated rings. The van der Waals surface area contributed by atoms with E-state index in [0.717, 1.165) is 41.4 Å². The average Bonchev–Trinajstić information content (AvgIpc) is 3.70. The third-order valence-corrected chi connectivity index (χ3v) is 10.0. The Kier molecular flexibility index (Phi) is 8.92. The van der Waals surface area contributed by atoms with E-state index in [9.17, 15) is 28.2 Å². The first-order valence-electron chi connectivity index (χ1n) is 12.8. The molecular weight excluding hydrogens is 575 g/mol. The molecular formula is C29H30Cl2N2O6S. The van der Waals surface area contributed by atoms with E-state index in [-0.39, 0.29) is 47.7 Å². The highest BCUT2D eigenvalue weighted by Gasteiger charge is 2.69. The van der Waals surface area contributed by atoms with E-state index < -0.39 is 27.5 Å². The molecule has 0 radical (unpaired) electrons. The van der Waals surface area contributed by atoms with E-state index in [1.807, 2.05) is 12.1 Å². The molecule has 1 aliphatic carbocycles. The summed E-state index contributed by atoms with van der Waals surface area (Å²) in [6.07, 6.45) is 1.77. The average molecular weight is 606 g/mol. The van der Waals surface area contributed by atoms with Crippen molar-refractivity contribution < 1.29 is 28.2 Å². The van der Waals surface area contributed by atoms with Gasteiger partial charge in [-0.3, -0.25) is 4.79 Å². The van der Waals surface area contributed by atoms with Crippen molar-refractivity contribution in [2.45, 2.75) is 36.2 Å². The molecule has 3 N–H and O–H groups in total. The van der Waals surface area contributed by atoms with E-state index in [4.69, 9.17) is 11.6 Å². The lowest BCUT2D eigenvalue weighted by molar-refractivity contribution is -0.144. The van der Waals surface area contributed by atoms with Crippen LogP contribution in [-0.2, 0) is 21.4 Å². The fourth-order valence-electron chi connectivity index (χ4n) is 5.72. The van der Waals surface area contributed by atoms with Gasteiger partial charge in [0, 0.05) is 11.6 Å². The minimum Gasteiger partial charge on any atom is -0.480 e. The number of carboxylic acid groups (broad SMARTS) is 2. The number of hydrogen-bond donors (Lipinski definition) is 3. The zero-order valence-corrected chi connectivity index (χ0v) is 23.9. The highest BCUT2D eigenvalue weighted by Crippen LogP contribution is 2.57. The first kappa shape index (κ1) is 30.0. The van der Waals surface area contributed by atoms with Crippen molar-refractivity contribution in [2.75, 3.05) is 13.1 Å². The second kappa shape index (κ2) is 11.9. The third kappa shape index (κ3) is 5.75. The molecule has 5 rings (SSSR count). The molecule has 0 bridgehead atoms. The molecule has 11 heteroatoms. The van der Waals surface area contributed by atoms with E-state index in [1.165, 1.54) is 30.3 Å². The molecule has 2 atom stereocenters. The van der Waals surface area contributed by atoms with Crippen LogP contribution in [0.4, 0.5) is 0 Å². The molecule has 0 amide bonds. The number of aromatic carboxylic acids is 1. The fraction of sp³-hybridized carbons (Fsp3) is 0.310. The van der Waals surface area contributed by atoms with Crippen LogP contribution in [0.5, 0.6) is 0 Å². The van der Waals surface area contributed by atoms with Crippen LogP contribution in [0.3, 0.4) is 0 Å². The molecule has 0 aromatic heterocycles. The maximum Gasteiger partial charge on any atom is 0.335 e. The van der Waals surface area contributed by atoms with Gasteiger partial charge in [-0.1, -0.05) is 48.0 Å². The highest BCUT2D eigenvalue weighted by molar-refractivity contribution is 7.89.